The minimum atomic E-state index is -0.728. The summed E-state index contributed by atoms with van der Waals surface area (Å²) >= 11 is 0. The quantitative estimate of drug-likeness (QED) is 0.406. The van der Waals surface area contributed by atoms with Gasteiger partial charge in [-0.1, -0.05) is 51.0 Å². The first-order valence-corrected chi connectivity index (χ1v) is 10.6. The highest BCUT2D eigenvalue weighted by molar-refractivity contribution is 5.73. The minimum absolute atomic E-state index is 0.640. The summed E-state index contributed by atoms with van der Waals surface area (Å²) in [4.78, 5) is 22.2. The molecule has 0 unspecified atom stereocenters. The molecule has 0 spiro atoms. The van der Waals surface area contributed by atoms with Crippen molar-refractivity contribution < 1.29 is 19.8 Å². The fraction of sp³-hybridized carbons (Fsp3) is 0.667. The Balaban J connectivity index is 0.00000352. The van der Waals surface area contributed by atoms with E-state index in [0.717, 1.165) is 38.5 Å². The molecule has 1 aromatic rings. The van der Waals surface area contributed by atoms with E-state index in [1.807, 2.05) is 13.8 Å². The van der Waals surface area contributed by atoms with Gasteiger partial charge in [0.15, 0.2) is 0 Å². The number of aliphatic carboxylic acids is 2. The van der Waals surface area contributed by atoms with E-state index in [1.54, 1.807) is 27.7 Å². The van der Waals surface area contributed by atoms with Crippen molar-refractivity contribution in [3.63, 3.8) is 0 Å². The number of carboxylic acids is 2. The predicted molar refractivity (Wildman–Crippen MR) is 116 cm³/mol. The van der Waals surface area contributed by atoms with Gasteiger partial charge in [0.05, 0.1) is 10.8 Å². The second-order valence-electron chi connectivity index (χ2n) is 8.61. The molecule has 0 saturated carbocycles. The zero-order valence-electron chi connectivity index (χ0n) is 18.7. The van der Waals surface area contributed by atoms with E-state index in [0.29, 0.717) is 12.8 Å². The van der Waals surface area contributed by atoms with Crippen molar-refractivity contribution in [2.45, 2.75) is 92.9 Å². The van der Waals surface area contributed by atoms with Gasteiger partial charge < -0.3 is 10.2 Å². The Morgan fingerprint density at radius 1 is 0.679 bits per heavy atom. The van der Waals surface area contributed by atoms with Gasteiger partial charge in [-0.25, -0.2) is 0 Å². The predicted octanol–water partition coefficient (Wildman–Crippen LogP) is 6.36. The van der Waals surface area contributed by atoms with Crippen molar-refractivity contribution in [3.8, 4) is 0 Å². The Bertz CT molecular complexity index is 532. The van der Waals surface area contributed by atoms with E-state index in [1.165, 1.54) is 11.1 Å². The van der Waals surface area contributed by atoms with Crippen LogP contribution in [0.1, 0.15) is 91.2 Å². The number of unbranched alkanes of at least 4 members (excludes halogenated alkanes) is 2. The monoisotopic (exact) mass is 392 g/mol. The standard InChI is InChI=1S/C22H34O4.C2H6/c1-21(2,19(23)24)15-7-5-9-17-11-13-18(14-12-17)10-6-8-16-22(3,4)20(25)26;1-2/h11-14H,5-10,15-16H2,1-4H3,(H,23,24)(H,25,26);1-2H3. The molecule has 0 aromatic heterocycles. The Hall–Kier alpha value is -1.84. The lowest BCUT2D eigenvalue weighted by Gasteiger charge is -2.18. The van der Waals surface area contributed by atoms with Gasteiger partial charge >= 0.3 is 11.9 Å². The summed E-state index contributed by atoms with van der Waals surface area (Å²) in [6.07, 6.45) is 7.19. The molecule has 0 aliphatic heterocycles. The molecule has 0 aliphatic rings. The average molecular weight is 393 g/mol. The first-order valence-electron chi connectivity index (χ1n) is 10.6. The third-order valence-corrected chi connectivity index (χ3v) is 5.22. The smallest absolute Gasteiger partial charge is 0.309 e. The molecule has 28 heavy (non-hydrogen) atoms. The summed E-state index contributed by atoms with van der Waals surface area (Å²) in [6.45, 7) is 11.1. The normalized spacial score (nSPS) is 11.5. The summed E-state index contributed by atoms with van der Waals surface area (Å²) in [6, 6.07) is 8.61. The second kappa shape index (κ2) is 12.6. The third kappa shape index (κ3) is 9.91. The van der Waals surface area contributed by atoms with Gasteiger partial charge in [-0.2, -0.15) is 0 Å². The molecule has 1 rings (SSSR count). The molecule has 2 N–H and O–H groups in total. The molecule has 4 nitrogen and oxygen atoms in total. The lowest BCUT2D eigenvalue weighted by Crippen LogP contribution is -2.23. The number of benzene rings is 1. The molecule has 0 fully saturated rings. The van der Waals surface area contributed by atoms with Crippen LogP contribution in [0.5, 0.6) is 0 Å². The van der Waals surface area contributed by atoms with Gasteiger partial charge in [0.25, 0.3) is 0 Å². The molecular formula is C24H40O4. The van der Waals surface area contributed by atoms with Crippen LogP contribution in [0.25, 0.3) is 0 Å². The number of rotatable bonds is 12. The van der Waals surface area contributed by atoms with Gasteiger partial charge in [0.1, 0.15) is 0 Å². The zero-order chi connectivity index (χ0) is 21.8. The molecule has 0 aliphatic carbocycles. The summed E-state index contributed by atoms with van der Waals surface area (Å²) in [5.74, 6) is -1.46. The fourth-order valence-electron chi connectivity index (χ4n) is 2.88. The lowest BCUT2D eigenvalue weighted by atomic mass is 9.86. The van der Waals surface area contributed by atoms with E-state index < -0.39 is 22.8 Å². The van der Waals surface area contributed by atoms with Crippen LogP contribution in [0.15, 0.2) is 24.3 Å². The topological polar surface area (TPSA) is 74.6 Å². The highest BCUT2D eigenvalue weighted by Gasteiger charge is 2.26. The Morgan fingerprint density at radius 2 is 0.964 bits per heavy atom. The van der Waals surface area contributed by atoms with Gasteiger partial charge in [-0.05, 0) is 77.3 Å². The summed E-state index contributed by atoms with van der Waals surface area (Å²) in [5.41, 5.74) is 1.29. The minimum Gasteiger partial charge on any atom is -0.481 e. The largest absolute Gasteiger partial charge is 0.481 e. The molecule has 0 saturated heterocycles. The highest BCUT2D eigenvalue weighted by Crippen LogP contribution is 2.25. The summed E-state index contributed by atoms with van der Waals surface area (Å²) < 4.78 is 0. The molecule has 0 radical (unpaired) electrons. The fourth-order valence-corrected chi connectivity index (χ4v) is 2.88. The molecule has 0 heterocycles. The maximum atomic E-state index is 11.1. The van der Waals surface area contributed by atoms with Crippen molar-refractivity contribution in [3.05, 3.63) is 35.4 Å². The van der Waals surface area contributed by atoms with Gasteiger partial charge in [-0.3, -0.25) is 9.59 Å². The summed E-state index contributed by atoms with van der Waals surface area (Å²) in [7, 11) is 0. The maximum Gasteiger partial charge on any atom is 0.309 e. The van der Waals surface area contributed by atoms with Crippen molar-refractivity contribution in [1.82, 2.24) is 0 Å². The van der Waals surface area contributed by atoms with Crippen molar-refractivity contribution >= 4 is 11.9 Å². The van der Waals surface area contributed by atoms with Gasteiger partial charge in [0.2, 0.25) is 0 Å². The van der Waals surface area contributed by atoms with Gasteiger partial charge in [-0.15, -0.1) is 0 Å². The van der Waals surface area contributed by atoms with E-state index in [4.69, 9.17) is 10.2 Å². The first kappa shape index (κ1) is 26.2. The van der Waals surface area contributed by atoms with Crippen LogP contribution in [-0.4, -0.2) is 22.2 Å². The number of aryl methyl sites for hydroxylation is 2. The highest BCUT2D eigenvalue weighted by atomic mass is 16.4. The second-order valence-corrected chi connectivity index (χ2v) is 8.61. The van der Waals surface area contributed by atoms with Crippen LogP contribution in [0.3, 0.4) is 0 Å². The van der Waals surface area contributed by atoms with Crippen LogP contribution >= 0.6 is 0 Å². The lowest BCUT2D eigenvalue weighted by molar-refractivity contribution is -0.148. The molecule has 0 bridgehead atoms. The van der Waals surface area contributed by atoms with Crippen LogP contribution < -0.4 is 0 Å². The van der Waals surface area contributed by atoms with Crippen molar-refractivity contribution in [2.75, 3.05) is 0 Å². The van der Waals surface area contributed by atoms with Crippen molar-refractivity contribution in [2.24, 2.45) is 10.8 Å². The molecule has 1 aromatic carbocycles. The van der Waals surface area contributed by atoms with Crippen LogP contribution in [0.2, 0.25) is 0 Å². The maximum absolute atomic E-state index is 11.1. The summed E-state index contributed by atoms with van der Waals surface area (Å²) in [5, 5.41) is 18.2. The number of carboxylic acid groups (broad SMARTS) is 2. The Morgan fingerprint density at radius 3 is 1.21 bits per heavy atom. The van der Waals surface area contributed by atoms with Gasteiger partial charge in [0, 0.05) is 0 Å². The Kier molecular flexibility index (Phi) is 11.8. The third-order valence-electron chi connectivity index (χ3n) is 5.22. The first-order chi connectivity index (χ1) is 13.0. The number of hydrogen-bond donors (Lipinski definition) is 2. The van der Waals surface area contributed by atoms with Crippen LogP contribution in [0, 0.1) is 10.8 Å². The van der Waals surface area contributed by atoms with E-state index >= 15 is 0 Å². The molecule has 0 amide bonds. The molecule has 4 heteroatoms. The number of carbonyl (C=O) groups is 2. The molecular weight excluding hydrogens is 352 g/mol. The molecule has 0 atom stereocenters. The average Bonchev–Trinajstić information content (AvgIpc) is 2.65. The molecule has 160 valence electrons. The van der Waals surface area contributed by atoms with Crippen LogP contribution in [0.4, 0.5) is 0 Å². The van der Waals surface area contributed by atoms with E-state index in [-0.39, 0.29) is 0 Å². The zero-order valence-corrected chi connectivity index (χ0v) is 18.7. The van der Waals surface area contributed by atoms with Crippen LogP contribution in [-0.2, 0) is 22.4 Å². The SMILES string of the molecule is CC.CC(C)(CCCCc1ccc(CCCCC(C)(C)C(=O)O)cc1)C(=O)O. The number of hydrogen-bond acceptors (Lipinski definition) is 2. The van der Waals surface area contributed by atoms with E-state index in [2.05, 4.69) is 24.3 Å². The Labute approximate surface area is 171 Å². The van der Waals surface area contributed by atoms with E-state index in [9.17, 15) is 9.59 Å². The van der Waals surface area contributed by atoms with Crippen molar-refractivity contribution in [1.29, 1.82) is 0 Å².